The SMILES string of the molecule is CCNc1nc(NC2C(C)(C)C2(C)C)c2cc(C)sc2n1. The second kappa shape index (κ2) is 4.57. The van der Waals surface area contributed by atoms with Gasteiger partial charge in [-0.25, -0.2) is 4.98 Å². The molecule has 3 rings (SSSR count). The predicted molar refractivity (Wildman–Crippen MR) is 91.3 cm³/mol. The molecule has 1 aliphatic carbocycles. The van der Waals surface area contributed by atoms with Gasteiger partial charge in [0.25, 0.3) is 0 Å². The van der Waals surface area contributed by atoms with Crippen LogP contribution in [-0.4, -0.2) is 22.6 Å². The molecule has 0 amide bonds. The summed E-state index contributed by atoms with van der Waals surface area (Å²) in [6, 6.07) is 2.62. The van der Waals surface area contributed by atoms with Crippen molar-refractivity contribution in [2.24, 2.45) is 10.8 Å². The third-order valence-corrected chi connectivity index (χ3v) is 6.10. The highest BCUT2D eigenvalue weighted by molar-refractivity contribution is 7.18. The Morgan fingerprint density at radius 2 is 1.86 bits per heavy atom. The molecule has 2 aromatic rings. The van der Waals surface area contributed by atoms with Crippen molar-refractivity contribution in [2.75, 3.05) is 17.2 Å². The average molecular weight is 304 g/mol. The summed E-state index contributed by atoms with van der Waals surface area (Å²) in [5, 5.41) is 8.03. The van der Waals surface area contributed by atoms with Crippen LogP contribution in [0.2, 0.25) is 0 Å². The monoisotopic (exact) mass is 304 g/mol. The van der Waals surface area contributed by atoms with Crippen LogP contribution < -0.4 is 10.6 Å². The van der Waals surface area contributed by atoms with E-state index in [9.17, 15) is 0 Å². The molecule has 0 aliphatic heterocycles. The molecule has 4 nitrogen and oxygen atoms in total. The normalized spacial score (nSPS) is 19.7. The number of nitrogens with zero attached hydrogens (tertiary/aromatic N) is 2. The lowest BCUT2D eigenvalue weighted by atomic mass is 10.0. The van der Waals surface area contributed by atoms with Crippen molar-refractivity contribution < 1.29 is 0 Å². The molecular weight excluding hydrogens is 280 g/mol. The van der Waals surface area contributed by atoms with Gasteiger partial charge in [-0.1, -0.05) is 27.7 Å². The molecule has 2 aromatic heterocycles. The maximum Gasteiger partial charge on any atom is 0.226 e. The van der Waals surface area contributed by atoms with Crippen LogP contribution in [0.4, 0.5) is 11.8 Å². The summed E-state index contributed by atoms with van der Waals surface area (Å²) in [6.45, 7) is 14.3. The van der Waals surface area contributed by atoms with E-state index >= 15 is 0 Å². The first-order valence-corrected chi connectivity index (χ1v) is 8.37. The van der Waals surface area contributed by atoms with Gasteiger partial charge in [-0.2, -0.15) is 4.98 Å². The van der Waals surface area contributed by atoms with E-state index in [4.69, 9.17) is 0 Å². The average Bonchev–Trinajstić information content (AvgIpc) is 2.70. The summed E-state index contributed by atoms with van der Waals surface area (Å²) >= 11 is 1.72. The quantitative estimate of drug-likeness (QED) is 0.885. The Morgan fingerprint density at radius 1 is 1.19 bits per heavy atom. The maximum absolute atomic E-state index is 4.69. The van der Waals surface area contributed by atoms with Crippen LogP contribution >= 0.6 is 11.3 Å². The van der Waals surface area contributed by atoms with E-state index in [-0.39, 0.29) is 10.8 Å². The molecule has 0 aromatic carbocycles. The zero-order valence-electron chi connectivity index (χ0n) is 13.7. The fraction of sp³-hybridized carbons (Fsp3) is 0.625. The van der Waals surface area contributed by atoms with Gasteiger partial charge >= 0.3 is 0 Å². The summed E-state index contributed by atoms with van der Waals surface area (Å²) in [6.07, 6.45) is 0. The van der Waals surface area contributed by atoms with Crippen molar-refractivity contribution in [3.8, 4) is 0 Å². The number of aryl methyl sites for hydroxylation is 1. The number of hydrogen-bond acceptors (Lipinski definition) is 5. The van der Waals surface area contributed by atoms with Gasteiger partial charge < -0.3 is 10.6 Å². The first kappa shape index (κ1) is 14.6. The molecule has 0 bridgehead atoms. The van der Waals surface area contributed by atoms with E-state index in [1.165, 1.54) is 4.88 Å². The highest BCUT2D eigenvalue weighted by Crippen LogP contribution is 2.63. The smallest absolute Gasteiger partial charge is 0.226 e. The van der Waals surface area contributed by atoms with E-state index in [0.717, 1.165) is 22.6 Å². The molecule has 1 saturated carbocycles. The van der Waals surface area contributed by atoms with Crippen LogP contribution in [-0.2, 0) is 0 Å². The first-order chi connectivity index (χ1) is 9.77. The Kier molecular flexibility index (Phi) is 3.17. The van der Waals surface area contributed by atoms with Crippen LogP contribution in [0.15, 0.2) is 6.07 Å². The Balaban J connectivity index is 2.01. The lowest BCUT2D eigenvalue weighted by Crippen LogP contribution is -2.13. The van der Waals surface area contributed by atoms with Gasteiger partial charge in [-0.3, -0.25) is 0 Å². The minimum absolute atomic E-state index is 0.285. The summed E-state index contributed by atoms with van der Waals surface area (Å²) in [4.78, 5) is 11.6. The Bertz CT molecular complexity index is 673. The summed E-state index contributed by atoms with van der Waals surface area (Å²) in [5.74, 6) is 1.68. The number of nitrogens with one attached hydrogen (secondary N) is 2. The predicted octanol–water partition coefficient (Wildman–Crippen LogP) is 4.28. The second-order valence-corrected chi connectivity index (χ2v) is 8.26. The van der Waals surface area contributed by atoms with Crippen LogP contribution in [0.5, 0.6) is 0 Å². The second-order valence-electron chi connectivity index (χ2n) is 7.02. The maximum atomic E-state index is 4.69. The molecule has 5 heteroatoms. The van der Waals surface area contributed by atoms with Crippen molar-refractivity contribution in [1.82, 2.24) is 9.97 Å². The lowest BCUT2D eigenvalue weighted by molar-refractivity contribution is 0.457. The summed E-state index contributed by atoms with van der Waals surface area (Å²) in [7, 11) is 0. The number of fused-ring (bicyclic) bond motifs is 1. The number of hydrogen-bond donors (Lipinski definition) is 2. The minimum Gasteiger partial charge on any atom is -0.366 e. The standard InChI is InChI=1S/C16H24N4S/c1-7-17-14-19-11(10-8-9(2)21-12(10)20-14)18-13-15(3,4)16(13,5)6/h8,13H,7H2,1-6H3,(H2,17,18,19,20). The molecule has 2 heterocycles. The van der Waals surface area contributed by atoms with E-state index in [0.29, 0.717) is 12.0 Å². The van der Waals surface area contributed by atoms with Crippen molar-refractivity contribution in [1.29, 1.82) is 0 Å². The van der Waals surface area contributed by atoms with Gasteiger partial charge in [-0.05, 0) is 30.7 Å². The number of aromatic nitrogens is 2. The zero-order chi connectivity index (χ0) is 15.4. The molecule has 0 saturated heterocycles. The number of thiophene rings is 1. The van der Waals surface area contributed by atoms with Gasteiger partial charge in [0.1, 0.15) is 10.6 Å². The Hall–Kier alpha value is -1.36. The molecule has 0 atom stereocenters. The lowest BCUT2D eigenvalue weighted by Gasteiger charge is -2.10. The third kappa shape index (κ3) is 2.18. The van der Waals surface area contributed by atoms with Gasteiger partial charge in [0.15, 0.2) is 0 Å². The van der Waals surface area contributed by atoms with Crippen molar-refractivity contribution in [3.63, 3.8) is 0 Å². The van der Waals surface area contributed by atoms with Gasteiger partial charge in [0, 0.05) is 17.5 Å². The highest BCUT2D eigenvalue weighted by Gasteiger charge is 2.65. The molecule has 0 unspecified atom stereocenters. The van der Waals surface area contributed by atoms with E-state index in [1.807, 2.05) is 0 Å². The summed E-state index contributed by atoms with van der Waals surface area (Å²) in [5.41, 5.74) is 0.571. The van der Waals surface area contributed by atoms with Crippen LogP contribution in [0.1, 0.15) is 39.5 Å². The van der Waals surface area contributed by atoms with Crippen molar-refractivity contribution in [2.45, 2.75) is 47.6 Å². The topological polar surface area (TPSA) is 49.8 Å². The van der Waals surface area contributed by atoms with E-state index in [1.54, 1.807) is 11.3 Å². The molecule has 0 spiro atoms. The number of anilines is 2. The Labute approximate surface area is 130 Å². The summed E-state index contributed by atoms with van der Waals surface area (Å²) < 4.78 is 0. The molecule has 1 aliphatic rings. The zero-order valence-corrected chi connectivity index (χ0v) is 14.5. The fourth-order valence-electron chi connectivity index (χ4n) is 3.08. The Morgan fingerprint density at radius 3 is 2.43 bits per heavy atom. The molecule has 21 heavy (non-hydrogen) atoms. The molecule has 1 fully saturated rings. The molecule has 0 radical (unpaired) electrons. The first-order valence-electron chi connectivity index (χ1n) is 7.56. The van der Waals surface area contributed by atoms with Crippen LogP contribution in [0.25, 0.3) is 10.2 Å². The van der Waals surface area contributed by atoms with Crippen molar-refractivity contribution >= 4 is 33.3 Å². The molecule has 2 N–H and O–H groups in total. The third-order valence-electron chi connectivity index (χ3n) is 5.15. The van der Waals surface area contributed by atoms with Crippen LogP contribution in [0, 0.1) is 17.8 Å². The molecule has 114 valence electrons. The van der Waals surface area contributed by atoms with Crippen LogP contribution in [0.3, 0.4) is 0 Å². The van der Waals surface area contributed by atoms with Gasteiger partial charge in [0.05, 0.1) is 5.39 Å². The van der Waals surface area contributed by atoms with E-state index < -0.39 is 0 Å². The molecular formula is C16H24N4S. The fourth-order valence-corrected chi connectivity index (χ4v) is 3.96. The van der Waals surface area contributed by atoms with Gasteiger partial charge in [0.2, 0.25) is 5.95 Å². The number of rotatable bonds is 4. The minimum atomic E-state index is 0.285. The van der Waals surface area contributed by atoms with Gasteiger partial charge in [-0.15, -0.1) is 11.3 Å². The van der Waals surface area contributed by atoms with Crippen molar-refractivity contribution in [3.05, 3.63) is 10.9 Å². The largest absolute Gasteiger partial charge is 0.366 e. The van der Waals surface area contributed by atoms with E-state index in [2.05, 4.69) is 68.2 Å². The highest BCUT2D eigenvalue weighted by atomic mass is 32.1.